The maximum absolute atomic E-state index is 15.7. The van der Waals surface area contributed by atoms with Crippen molar-refractivity contribution in [2.24, 2.45) is 5.92 Å². The number of ether oxygens (including phenoxy) is 1. The van der Waals surface area contributed by atoms with E-state index in [0.717, 1.165) is 82.4 Å². The van der Waals surface area contributed by atoms with Gasteiger partial charge in [0.2, 0.25) is 5.91 Å². The van der Waals surface area contributed by atoms with E-state index < -0.39 is 41.0 Å². The van der Waals surface area contributed by atoms with Gasteiger partial charge in [-0.05, 0) is 55.4 Å². The van der Waals surface area contributed by atoms with Crippen LogP contribution in [0.3, 0.4) is 0 Å². The van der Waals surface area contributed by atoms with Gasteiger partial charge in [-0.15, -0.1) is 0 Å². The number of hydrogen-bond donors (Lipinski definition) is 1. The summed E-state index contributed by atoms with van der Waals surface area (Å²) >= 11 is 0. The molecule has 1 N–H and O–H groups in total. The van der Waals surface area contributed by atoms with Crippen LogP contribution >= 0.6 is 0 Å². The van der Waals surface area contributed by atoms with Gasteiger partial charge in [0.1, 0.15) is 29.6 Å². The van der Waals surface area contributed by atoms with Crippen molar-refractivity contribution in [1.82, 2.24) is 14.9 Å². The van der Waals surface area contributed by atoms with Crippen molar-refractivity contribution in [2.45, 2.75) is 82.4 Å². The number of hydrogen-bond acceptors (Lipinski definition) is 3. The molecule has 2 aromatic carbocycles. The molecule has 5 rings (SSSR count). The molecular formula is C31H35F4N3O2. The first-order valence-electron chi connectivity index (χ1n) is 14.2. The Kier molecular flexibility index (Phi) is 8.88. The molecular weight excluding hydrogens is 522 g/mol. The number of carbonyl (C=O) groups is 1. The van der Waals surface area contributed by atoms with E-state index in [9.17, 15) is 18.0 Å². The Morgan fingerprint density at radius 3 is 2.23 bits per heavy atom. The summed E-state index contributed by atoms with van der Waals surface area (Å²) in [6.45, 7) is 0. The van der Waals surface area contributed by atoms with E-state index in [0.29, 0.717) is 0 Å². The van der Waals surface area contributed by atoms with Crippen LogP contribution in [0.1, 0.15) is 87.5 Å². The summed E-state index contributed by atoms with van der Waals surface area (Å²) in [5, 5.41) is 3.22. The predicted molar refractivity (Wildman–Crippen MR) is 143 cm³/mol. The van der Waals surface area contributed by atoms with E-state index >= 15 is 4.39 Å². The van der Waals surface area contributed by atoms with Crippen LogP contribution in [0, 0.1) is 29.2 Å². The van der Waals surface area contributed by atoms with Crippen molar-refractivity contribution in [3.05, 3.63) is 77.1 Å². The van der Waals surface area contributed by atoms with Gasteiger partial charge in [-0.3, -0.25) is 4.79 Å². The highest BCUT2D eigenvalue weighted by molar-refractivity contribution is 5.82. The van der Waals surface area contributed by atoms with Crippen LogP contribution in [-0.2, 0) is 9.53 Å². The van der Waals surface area contributed by atoms with Crippen LogP contribution in [0.25, 0.3) is 11.4 Å². The molecule has 5 nitrogen and oxygen atoms in total. The molecule has 2 atom stereocenters. The molecule has 3 aromatic rings. The topological polar surface area (TPSA) is 56.2 Å². The molecule has 9 heteroatoms. The number of methoxy groups -OCH3 is 1. The smallest absolute Gasteiger partial charge is 0.243 e. The molecule has 40 heavy (non-hydrogen) atoms. The number of nitrogens with one attached hydrogen (secondary N) is 1. The lowest BCUT2D eigenvalue weighted by Crippen LogP contribution is -2.43. The number of imidazole rings is 1. The number of halogens is 4. The third-order valence-corrected chi connectivity index (χ3v) is 8.42. The van der Waals surface area contributed by atoms with Crippen LogP contribution in [0.2, 0.25) is 0 Å². The summed E-state index contributed by atoms with van der Waals surface area (Å²) < 4.78 is 67.3. The van der Waals surface area contributed by atoms with E-state index in [2.05, 4.69) is 10.3 Å². The largest absolute Gasteiger partial charge is 0.372 e. The zero-order valence-electron chi connectivity index (χ0n) is 22.6. The minimum atomic E-state index is -1.39. The zero-order valence-corrected chi connectivity index (χ0v) is 22.6. The molecule has 1 heterocycles. The van der Waals surface area contributed by atoms with Gasteiger partial charge < -0.3 is 14.6 Å². The average molecular weight is 558 g/mol. The summed E-state index contributed by atoms with van der Waals surface area (Å²) in [6, 6.07) is 4.92. The highest BCUT2D eigenvalue weighted by Gasteiger charge is 2.36. The molecule has 2 unspecified atom stereocenters. The molecule has 2 fully saturated rings. The maximum atomic E-state index is 15.7. The molecule has 2 aliphatic rings. The fourth-order valence-corrected chi connectivity index (χ4v) is 6.45. The van der Waals surface area contributed by atoms with Crippen LogP contribution < -0.4 is 5.32 Å². The lowest BCUT2D eigenvalue weighted by atomic mass is 9.82. The molecule has 0 aliphatic heterocycles. The summed E-state index contributed by atoms with van der Waals surface area (Å²) in [5.41, 5.74) is -0.701. The highest BCUT2D eigenvalue weighted by atomic mass is 19.2. The Balaban J connectivity index is 1.62. The van der Waals surface area contributed by atoms with Crippen LogP contribution in [-0.4, -0.2) is 28.6 Å². The summed E-state index contributed by atoms with van der Waals surface area (Å²) in [6.07, 6.45) is 11.4. The molecule has 0 spiro atoms. The second-order valence-electron chi connectivity index (χ2n) is 10.9. The van der Waals surface area contributed by atoms with E-state index in [1.54, 1.807) is 10.8 Å². The quantitative estimate of drug-likeness (QED) is 0.294. The monoisotopic (exact) mass is 557 g/mol. The third-order valence-electron chi connectivity index (χ3n) is 8.42. The first kappa shape index (κ1) is 28.3. The van der Waals surface area contributed by atoms with Crippen LogP contribution in [0.5, 0.6) is 0 Å². The van der Waals surface area contributed by atoms with E-state index in [1.165, 1.54) is 25.4 Å². The maximum Gasteiger partial charge on any atom is 0.243 e. The Hall–Kier alpha value is -3.20. The fourth-order valence-electron chi connectivity index (χ4n) is 6.45. The molecule has 1 amide bonds. The normalized spacial score (nSPS) is 18.4. The van der Waals surface area contributed by atoms with E-state index in [1.807, 2.05) is 0 Å². The lowest BCUT2D eigenvalue weighted by molar-refractivity contribution is -0.127. The Bertz CT molecular complexity index is 1310. The molecule has 2 aliphatic carbocycles. The summed E-state index contributed by atoms with van der Waals surface area (Å²) in [7, 11) is 1.25. The molecule has 0 bridgehead atoms. The highest BCUT2D eigenvalue weighted by Crippen LogP contribution is 2.41. The summed E-state index contributed by atoms with van der Waals surface area (Å²) in [4.78, 5) is 18.3. The van der Waals surface area contributed by atoms with Crippen molar-refractivity contribution < 1.29 is 27.1 Å². The van der Waals surface area contributed by atoms with Gasteiger partial charge in [0.15, 0.2) is 11.6 Å². The van der Waals surface area contributed by atoms with Gasteiger partial charge in [-0.2, -0.15) is 0 Å². The SMILES string of the molecule is COC(c1ccc(F)c(F)c1-c1nccn1C(C(=O)NC1CCCCC1)C1CCCCC1)c1c(F)cccc1F. The molecule has 0 saturated heterocycles. The average Bonchev–Trinajstić information content (AvgIpc) is 3.42. The van der Waals surface area contributed by atoms with Gasteiger partial charge in [0.05, 0.1) is 11.1 Å². The number of benzene rings is 2. The predicted octanol–water partition coefficient (Wildman–Crippen LogP) is 7.41. The number of amides is 1. The van der Waals surface area contributed by atoms with Crippen molar-refractivity contribution in [2.75, 3.05) is 7.11 Å². The molecule has 1 aromatic heterocycles. The number of carbonyl (C=O) groups excluding carboxylic acids is 1. The minimum Gasteiger partial charge on any atom is -0.372 e. The van der Waals surface area contributed by atoms with Gasteiger partial charge in [0.25, 0.3) is 0 Å². The fraction of sp³-hybridized carbons (Fsp3) is 0.484. The number of nitrogens with zero attached hydrogens (tertiary/aromatic N) is 2. The lowest BCUT2D eigenvalue weighted by Gasteiger charge is -2.33. The van der Waals surface area contributed by atoms with Crippen LogP contribution in [0.15, 0.2) is 42.7 Å². The Labute approximate surface area is 231 Å². The van der Waals surface area contributed by atoms with Crippen molar-refractivity contribution in [3.8, 4) is 11.4 Å². The van der Waals surface area contributed by atoms with E-state index in [-0.39, 0.29) is 34.8 Å². The number of aromatic nitrogens is 2. The van der Waals surface area contributed by atoms with Gasteiger partial charge >= 0.3 is 0 Å². The standard InChI is InChI=1S/C31H35F4N3O2/c1-40-29(26-22(32)13-8-14-23(26)33)21-15-16-24(34)27(35)25(21)30-36-17-18-38(30)28(19-9-4-2-5-10-19)31(39)37-20-11-6-3-7-12-20/h8,13-20,28-29H,2-7,9-12H2,1H3,(H,37,39). The second kappa shape index (κ2) is 12.5. The van der Waals surface area contributed by atoms with Gasteiger partial charge in [-0.1, -0.05) is 50.7 Å². The summed E-state index contributed by atoms with van der Waals surface area (Å²) in [5.74, 6) is -4.29. The second-order valence-corrected chi connectivity index (χ2v) is 10.9. The van der Waals surface area contributed by atoms with Gasteiger partial charge in [0, 0.05) is 25.5 Å². The minimum absolute atomic E-state index is 0.00735. The zero-order chi connectivity index (χ0) is 28.2. The van der Waals surface area contributed by atoms with Crippen molar-refractivity contribution in [3.63, 3.8) is 0 Å². The Morgan fingerprint density at radius 1 is 0.925 bits per heavy atom. The Morgan fingerprint density at radius 2 is 1.57 bits per heavy atom. The van der Waals surface area contributed by atoms with Crippen LogP contribution in [0.4, 0.5) is 17.6 Å². The first-order valence-corrected chi connectivity index (χ1v) is 14.2. The molecule has 214 valence electrons. The number of rotatable bonds is 8. The van der Waals surface area contributed by atoms with Crippen molar-refractivity contribution in [1.29, 1.82) is 0 Å². The first-order chi connectivity index (χ1) is 19.4. The van der Waals surface area contributed by atoms with E-state index in [4.69, 9.17) is 4.74 Å². The van der Waals surface area contributed by atoms with Crippen molar-refractivity contribution >= 4 is 5.91 Å². The molecule has 2 saturated carbocycles. The third kappa shape index (κ3) is 5.66. The molecule has 0 radical (unpaired) electrons. The van der Waals surface area contributed by atoms with Gasteiger partial charge in [-0.25, -0.2) is 22.5 Å².